The number of nitrogens with zero attached hydrogens (tertiary/aromatic N) is 1. The van der Waals surface area contributed by atoms with Crippen molar-refractivity contribution >= 4 is 62.9 Å². The zero-order valence-corrected chi connectivity index (χ0v) is 21.6. The maximum absolute atomic E-state index is 13.7. The van der Waals surface area contributed by atoms with Gasteiger partial charge in [0.05, 0.1) is 32.3 Å². The number of hydrogen-bond donors (Lipinski definition) is 0. The highest BCUT2D eigenvalue weighted by Gasteiger charge is 2.29. The number of pyridine rings is 1. The smallest absolute Gasteiger partial charge is 0.341 e. The summed E-state index contributed by atoms with van der Waals surface area (Å²) in [5.74, 6) is 0.191. The molecular formula is C28H22ClNO3S2. The van der Waals surface area contributed by atoms with Crippen LogP contribution in [0.5, 0.6) is 0 Å². The first kappa shape index (κ1) is 23.7. The minimum atomic E-state index is -0.426. The Kier molecular flexibility index (Phi) is 6.69. The van der Waals surface area contributed by atoms with Gasteiger partial charge in [0, 0.05) is 27.9 Å². The molecule has 0 saturated carbocycles. The number of aryl methyl sites for hydroxylation is 1. The summed E-state index contributed by atoms with van der Waals surface area (Å²) in [7, 11) is 0. The van der Waals surface area contributed by atoms with Gasteiger partial charge in [-0.25, -0.2) is 4.79 Å². The van der Waals surface area contributed by atoms with Gasteiger partial charge >= 0.3 is 5.97 Å². The fraction of sp³-hybridized carbons (Fsp3) is 0.143. The van der Waals surface area contributed by atoms with E-state index in [0.29, 0.717) is 26.4 Å². The molecule has 0 fully saturated rings. The minimum absolute atomic E-state index is 0.138. The monoisotopic (exact) mass is 519 g/mol. The molecule has 0 aliphatic heterocycles. The first-order chi connectivity index (χ1) is 17.0. The number of thiophene rings is 1. The van der Waals surface area contributed by atoms with E-state index in [2.05, 4.69) is 19.1 Å². The van der Waals surface area contributed by atoms with E-state index in [1.54, 1.807) is 43.0 Å². The summed E-state index contributed by atoms with van der Waals surface area (Å²) in [6.07, 6.45) is 1.93. The van der Waals surface area contributed by atoms with Crippen LogP contribution >= 0.6 is 34.7 Å². The van der Waals surface area contributed by atoms with E-state index in [9.17, 15) is 9.59 Å². The Labute approximate surface area is 216 Å². The van der Waals surface area contributed by atoms with Gasteiger partial charge in [0.2, 0.25) is 5.78 Å². The molecule has 4 nitrogen and oxygen atoms in total. The van der Waals surface area contributed by atoms with Gasteiger partial charge in [0.1, 0.15) is 0 Å². The molecule has 5 rings (SSSR count). The highest BCUT2D eigenvalue weighted by atomic mass is 35.5. The number of rotatable bonds is 7. The Morgan fingerprint density at radius 3 is 2.51 bits per heavy atom. The van der Waals surface area contributed by atoms with Gasteiger partial charge in [-0.15, -0.1) is 23.1 Å². The van der Waals surface area contributed by atoms with Crippen LogP contribution in [-0.4, -0.2) is 22.8 Å². The SMILES string of the molecule is CCOC(=O)c1c2c(C(=O)c3ccc(Cl)cc3)sc(SCc3ccccc3C)c2n2ccccc12. The van der Waals surface area contributed by atoms with E-state index < -0.39 is 5.97 Å². The third-order valence-electron chi connectivity index (χ3n) is 5.87. The molecular weight excluding hydrogens is 498 g/mol. The number of carbonyl (C=O) groups excluding carboxylic acids is 2. The number of ether oxygens (including phenoxy) is 1. The van der Waals surface area contributed by atoms with Crippen LogP contribution < -0.4 is 0 Å². The van der Waals surface area contributed by atoms with Crippen LogP contribution in [0.4, 0.5) is 0 Å². The normalized spacial score (nSPS) is 11.3. The van der Waals surface area contributed by atoms with Gasteiger partial charge in [0.25, 0.3) is 0 Å². The second-order valence-electron chi connectivity index (χ2n) is 8.04. The minimum Gasteiger partial charge on any atom is -0.462 e. The van der Waals surface area contributed by atoms with Crippen LogP contribution in [0.1, 0.15) is 43.6 Å². The third-order valence-corrected chi connectivity index (χ3v) is 8.61. The Hall–Kier alpha value is -3.06. The first-order valence-electron chi connectivity index (χ1n) is 11.2. The molecule has 2 aromatic carbocycles. The maximum atomic E-state index is 13.7. The van der Waals surface area contributed by atoms with Crippen LogP contribution in [0.2, 0.25) is 5.02 Å². The van der Waals surface area contributed by atoms with Crippen molar-refractivity contribution < 1.29 is 14.3 Å². The molecule has 0 aliphatic carbocycles. The molecule has 0 radical (unpaired) electrons. The van der Waals surface area contributed by atoms with Gasteiger partial charge in [-0.3, -0.25) is 4.79 Å². The van der Waals surface area contributed by atoms with Crippen LogP contribution in [0, 0.1) is 6.92 Å². The van der Waals surface area contributed by atoms with E-state index >= 15 is 0 Å². The van der Waals surface area contributed by atoms with Gasteiger partial charge in [0.15, 0.2) is 0 Å². The standard InChI is InChI=1S/C28H22ClNO3S2/c1-3-33-27(32)22-21-10-6-7-15-30(21)24-23(22)26(25(31)18-11-13-20(29)14-12-18)35-28(24)34-16-19-9-5-4-8-17(19)2/h4-15H,3,16H2,1-2H3. The average molecular weight is 520 g/mol. The summed E-state index contributed by atoms with van der Waals surface area (Å²) in [4.78, 5) is 27.4. The maximum Gasteiger partial charge on any atom is 0.341 e. The number of thioether (sulfide) groups is 1. The van der Waals surface area contributed by atoms with Crippen molar-refractivity contribution in [3.8, 4) is 0 Å². The van der Waals surface area contributed by atoms with Gasteiger partial charge in [-0.05, 0) is 61.4 Å². The number of ketones is 1. The topological polar surface area (TPSA) is 47.8 Å². The molecule has 5 aromatic rings. The van der Waals surface area contributed by atoms with Gasteiger partial charge in [-0.2, -0.15) is 0 Å². The highest BCUT2D eigenvalue weighted by molar-refractivity contribution is 8.00. The quantitative estimate of drug-likeness (QED) is 0.125. The fourth-order valence-corrected chi connectivity index (χ4v) is 6.87. The Morgan fingerprint density at radius 1 is 1.03 bits per heavy atom. The van der Waals surface area contributed by atoms with Crippen molar-refractivity contribution in [2.24, 2.45) is 0 Å². The van der Waals surface area contributed by atoms with Crippen LogP contribution in [0.15, 0.2) is 77.1 Å². The summed E-state index contributed by atoms with van der Waals surface area (Å²) in [5, 5.41) is 1.21. The van der Waals surface area contributed by atoms with Crippen LogP contribution in [-0.2, 0) is 10.5 Å². The van der Waals surface area contributed by atoms with Crippen molar-refractivity contribution in [3.63, 3.8) is 0 Å². The second kappa shape index (κ2) is 9.90. The summed E-state index contributed by atoms with van der Waals surface area (Å²) in [6, 6.07) is 20.8. The number of esters is 1. The molecule has 3 aromatic heterocycles. The zero-order chi connectivity index (χ0) is 24.5. The van der Waals surface area contributed by atoms with Crippen LogP contribution in [0.25, 0.3) is 16.4 Å². The van der Waals surface area contributed by atoms with E-state index in [0.717, 1.165) is 21.0 Å². The fourth-order valence-electron chi connectivity index (χ4n) is 4.14. The summed E-state index contributed by atoms with van der Waals surface area (Å²) < 4.78 is 8.41. The van der Waals surface area contributed by atoms with Crippen molar-refractivity contribution in [1.82, 2.24) is 4.40 Å². The number of carbonyl (C=O) groups is 2. The average Bonchev–Trinajstić information content (AvgIpc) is 3.39. The van der Waals surface area contributed by atoms with E-state index in [1.807, 2.05) is 40.9 Å². The largest absolute Gasteiger partial charge is 0.462 e. The molecule has 7 heteroatoms. The molecule has 3 heterocycles. The lowest BCUT2D eigenvalue weighted by Crippen LogP contribution is -2.06. The van der Waals surface area contributed by atoms with E-state index in [1.165, 1.54) is 22.5 Å². The molecule has 0 N–H and O–H groups in total. The lowest BCUT2D eigenvalue weighted by Gasteiger charge is -2.05. The number of halogens is 1. The van der Waals surface area contributed by atoms with Crippen molar-refractivity contribution in [1.29, 1.82) is 0 Å². The number of fused-ring (bicyclic) bond motifs is 3. The molecule has 0 atom stereocenters. The van der Waals surface area contributed by atoms with E-state index in [-0.39, 0.29) is 12.4 Å². The predicted molar refractivity (Wildman–Crippen MR) is 144 cm³/mol. The second-order valence-corrected chi connectivity index (χ2v) is 10.7. The molecule has 0 spiro atoms. The van der Waals surface area contributed by atoms with Gasteiger partial charge in [-0.1, -0.05) is 41.9 Å². The summed E-state index contributed by atoms with van der Waals surface area (Å²) >= 11 is 9.16. The highest BCUT2D eigenvalue weighted by Crippen LogP contribution is 2.44. The lowest BCUT2D eigenvalue weighted by molar-refractivity contribution is 0.0531. The lowest BCUT2D eigenvalue weighted by atomic mass is 10.1. The number of aromatic nitrogens is 1. The van der Waals surface area contributed by atoms with E-state index in [4.69, 9.17) is 16.3 Å². The molecule has 35 heavy (non-hydrogen) atoms. The van der Waals surface area contributed by atoms with Gasteiger partial charge < -0.3 is 9.14 Å². The Balaban J connectivity index is 1.73. The summed E-state index contributed by atoms with van der Waals surface area (Å²) in [6.45, 7) is 4.13. The number of benzene rings is 2. The van der Waals surface area contributed by atoms with Crippen LogP contribution in [0.3, 0.4) is 0 Å². The molecule has 0 bridgehead atoms. The molecule has 0 saturated heterocycles. The molecule has 0 unspecified atom stereocenters. The summed E-state index contributed by atoms with van der Waals surface area (Å²) in [5.41, 5.74) is 5.00. The molecule has 0 aliphatic rings. The van der Waals surface area contributed by atoms with Crippen molar-refractivity contribution in [3.05, 3.63) is 105 Å². The Morgan fingerprint density at radius 2 is 1.77 bits per heavy atom. The first-order valence-corrected chi connectivity index (χ1v) is 13.4. The predicted octanol–water partition coefficient (Wildman–Crippen LogP) is 7.82. The molecule has 0 amide bonds. The van der Waals surface area contributed by atoms with Crippen molar-refractivity contribution in [2.75, 3.05) is 6.61 Å². The van der Waals surface area contributed by atoms with Crippen molar-refractivity contribution in [2.45, 2.75) is 23.8 Å². The zero-order valence-electron chi connectivity index (χ0n) is 19.2. The Bertz CT molecular complexity index is 1570. The third kappa shape index (κ3) is 4.38. The number of hydrogen-bond acceptors (Lipinski definition) is 5. The molecule has 176 valence electrons.